The molecule has 0 aliphatic heterocycles. The van der Waals surface area contributed by atoms with Gasteiger partial charge < -0.3 is 10.2 Å². The molecule has 0 atom stereocenters. The SMILES string of the molecule is CNC(=O)c1ccc(CN(C)C(=O)c2ccc(-n3cc(Br)cn3)cc2)cc1. The standard InChI is InChI=1S/C20H19BrN4O2/c1-22-19(26)15-5-3-14(4-6-15)12-24(2)20(27)16-7-9-18(10-8-16)25-13-17(21)11-23-25/h3-11,13H,12H2,1-2H3,(H,22,26). The Bertz CT molecular complexity index is 949. The molecule has 7 heteroatoms. The number of nitrogens with zero attached hydrogens (tertiary/aromatic N) is 3. The summed E-state index contributed by atoms with van der Waals surface area (Å²) in [4.78, 5) is 25.9. The van der Waals surface area contributed by atoms with Gasteiger partial charge in [0.2, 0.25) is 0 Å². The van der Waals surface area contributed by atoms with Gasteiger partial charge in [0, 0.05) is 38.0 Å². The summed E-state index contributed by atoms with van der Waals surface area (Å²) in [5, 5.41) is 6.81. The number of benzene rings is 2. The zero-order valence-electron chi connectivity index (χ0n) is 15.0. The molecule has 0 saturated carbocycles. The highest BCUT2D eigenvalue weighted by atomic mass is 79.9. The van der Waals surface area contributed by atoms with Crippen molar-refractivity contribution < 1.29 is 9.59 Å². The summed E-state index contributed by atoms with van der Waals surface area (Å²) in [5.41, 5.74) is 3.03. The Kier molecular flexibility index (Phi) is 5.71. The lowest BCUT2D eigenvalue weighted by molar-refractivity contribution is 0.0784. The van der Waals surface area contributed by atoms with Crippen molar-refractivity contribution in [3.05, 3.63) is 82.1 Å². The lowest BCUT2D eigenvalue weighted by Gasteiger charge is -2.18. The van der Waals surface area contributed by atoms with Crippen molar-refractivity contribution in [3.63, 3.8) is 0 Å². The fourth-order valence-corrected chi connectivity index (χ4v) is 2.96. The average Bonchev–Trinajstić information content (AvgIpc) is 3.13. The molecule has 2 aromatic carbocycles. The summed E-state index contributed by atoms with van der Waals surface area (Å²) in [5.74, 6) is -0.200. The van der Waals surface area contributed by atoms with Gasteiger partial charge in [0.15, 0.2) is 0 Å². The normalized spacial score (nSPS) is 10.5. The average molecular weight is 427 g/mol. The third kappa shape index (κ3) is 4.43. The molecule has 1 heterocycles. The van der Waals surface area contributed by atoms with Gasteiger partial charge in [-0.15, -0.1) is 0 Å². The maximum atomic E-state index is 12.7. The molecule has 0 bridgehead atoms. The van der Waals surface area contributed by atoms with Gasteiger partial charge in [-0.3, -0.25) is 9.59 Å². The fourth-order valence-electron chi connectivity index (χ4n) is 2.67. The Morgan fingerprint density at radius 1 is 1.07 bits per heavy atom. The highest BCUT2D eigenvalue weighted by molar-refractivity contribution is 9.10. The largest absolute Gasteiger partial charge is 0.355 e. The second kappa shape index (κ2) is 8.18. The highest BCUT2D eigenvalue weighted by Crippen LogP contribution is 2.15. The van der Waals surface area contributed by atoms with Crippen LogP contribution in [0.4, 0.5) is 0 Å². The number of hydrogen-bond acceptors (Lipinski definition) is 3. The van der Waals surface area contributed by atoms with E-state index >= 15 is 0 Å². The highest BCUT2D eigenvalue weighted by Gasteiger charge is 2.13. The quantitative estimate of drug-likeness (QED) is 0.680. The Balaban J connectivity index is 1.67. The van der Waals surface area contributed by atoms with Crippen molar-refractivity contribution in [1.82, 2.24) is 20.0 Å². The van der Waals surface area contributed by atoms with Crippen LogP contribution in [0, 0.1) is 0 Å². The van der Waals surface area contributed by atoms with E-state index in [-0.39, 0.29) is 11.8 Å². The first kappa shape index (κ1) is 18.8. The van der Waals surface area contributed by atoms with Crippen LogP contribution in [0.5, 0.6) is 0 Å². The molecule has 0 spiro atoms. The minimum absolute atomic E-state index is 0.0708. The number of halogens is 1. The molecule has 0 saturated heterocycles. The van der Waals surface area contributed by atoms with Crippen LogP contribution >= 0.6 is 15.9 Å². The lowest BCUT2D eigenvalue weighted by Crippen LogP contribution is -2.26. The van der Waals surface area contributed by atoms with Crippen molar-refractivity contribution in [2.24, 2.45) is 0 Å². The van der Waals surface area contributed by atoms with Gasteiger partial charge in [-0.2, -0.15) is 5.10 Å². The van der Waals surface area contributed by atoms with Crippen LogP contribution in [0.15, 0.2) is 65.4 Å². The second-order valence-electron chi connectivity index (χ2n) is 6.09. The first-order chi connectivity index (χ1) is 13.0. The summed E-state index contributed by atoms with van der Waals surface area (Å²) in [6, 6.07) is 14.5. The van der Waals surface area contributed by atoms with E-state index in [4.69, 9.17) is 0 Å². The molecule has 6 nitrogen and oxygen atoms in total. The molecule has 3 rings (SSSR count). The van der Waals surface area contributed by atoms with E-state index < -0.39 is 0 Å². The van der Waals surface area contributed by atoms with Crippen LogP contribution in [0.3, 0.4) is 0 Å². The van der Waals surface area contributed by atoms with Crippen LogP contribution in [0.1, 0.15) is 26.3 Å². The fraction of sp³-hybridized carbons (Fsp3) is 0.150. The number of carbonyl (C=O) groups is 2. The summed E-state index contributed by atoms with van der Waals surface area (Å²) < 4.78 is 2.63. The molecule has 1 N–H and O–H groups in total. The molecule has 138 valence electrons. The zero-order valence-corrected chi connectivity index (χ0v) is 16.6. The van der Waals surface area contributed by atoms with Gasteiger partial charge >= 0.3 is 0 Å². The number of amides is 2. The number of nitrogens with one attached hydrogen (secondary N) is 1. The summed E-state index contributed by atoms with van der Waals surface area (Å²) >= 11 is 3.37. The van der Waals surface area contributed by atoms with Gasteiger partial charge in [0.05, 0.1) is 16.4 Å². The van der Waals surface area contributed by atoms with E-state index in [0.29, 0.717) is 17.7 Å². The molecular formula is C20H19BrN4O2. The second-order valence-corrected chi connectivity index (χ2v) is 7.00. The Hall–Kier alpha value is -2.93. The van der Waals surface area contributed by atoms with Gasteiger partial charge in [-0.05, 0) is 57.9 Å². The van der Waals surface area contributed by atoms with Crippen LogP contribution in [-0.2, 0) is 6.54 Å². The lowest BCUT2D eigenvalue weighted by atomic mass is 10.1. The van der Waals surface area contributed by atoms with E-state index in [1.165, 1.54) is 0 Å². The van der Waals surface area contributed by atoms with Crippen molar-refractivity contribution in [2.75, 3.05) is 14.1 Å². The molecule has 27 heavy (non-hydrogen) atoms. The minimum atomic E-state index is -0.129. The van der Waals surface area contributed by atoms with Gasteiger partial charge in [0.25, 0.3) is 11.8 Å². The van der Waals surface area contributed by atoms with Crippen molar-refractivity contribution >= 4 is 27.7 Å². The third-order valence-electron chi connectivity index (χ3n) is 4.14. The number of aromatic nitrogens is 2. The molecule has 1 aromatic heterocycles. The Labute approximate surface area is 165 Å². The monoisotopic (exact) mass is 426 g/mol. The zero-order chi connectivity index (χ0) is 19.4. The van der Waals surface area contributed by atoms with Gasteiger partial charge in [-0.25, -0.2) is 4.68 Å². The first-order valence-corrected chi connectivity index (χ1v) is 9.14. The molecular weight excluding hydrogens is 408 g/mol. The molecule has 0 aliphatic rings. The topological polar surface area (TPSA) is 67.2 Å². The molecule has 0 radical (unpaired) electrons. The molecule has 3 aromatic rings. The summed E-state index contributed by atoms with van der Waals surface area (Å²) in [7, 11) is 3.35. The van der Waals surface area contributed by atoms with E-state index in [2.05, 4.69) is 26.3 Å². The Morgan fingerprint density at radius 2 is 1.70 bits per heavy atom. The van der Waals surface area contributed by atoms with Crippen molar-refractivity contribution in [2.45, 2.75) is 6.54 Å². The number of rotatable bonds is 5. The summed E-state index contributed by atoms with van der Waals surface area (Å²) in [6.07, 6.45) is 3.56. The molecule has 2 amide bonds. The van der Waals surface area contributed by atoms with Crippen molar-refractivity contribution in [3.8, 4) is 5.69 Å². The first-order valence-electron chi connectivity index (χ1n) is 8.35. The number of carbonyl (C=O) groups excluding carboxylic acids is 2. The van der Waals surface area contributed by atoms with E-state index in [1.807, 2.05) is 30.5 Å². The van der Waals surface area contributed by atoms with Crippen LogP contribution in [0.2, 0.25) is 0 Å². The predicted molar refractivity (Wildman–Crippen MR) is 107 cm³/mol. The smallest absolute Gasteiger partial charge is 0.253 e. The van der Waals surface area contributed by atoms with E-state index in [0.717, 1.165) is 15.7 Å². The molecule has 0 fully saturated rings. The van der Waals surface area contributed by atoms with E-state index in [9.17, 15) is 9.59 Å². The van der Waals surface area contributed by atoms with Gasteiger partial charge in [0.1, 0.15) is 0 Å². The maximum absolute atomic E-state index is 12.7. The Morgan fingerprint density at radius 3 is 2.26 bits per heavy atom. The van der Waals surface area contributed by atoms with Crippen LogP contribution in [-0.4, -0.2) is 40.6 Å². The predicted octanol–water partition coefficient (Wildman–Crippen LogP) is 3.27. The molecule has 0 unspecified atom stereocenters. The van der Waals surface area contributed by atoms with Crippen LogP contribution < -0.4 is 5.32 Å². The number of hydrogen-bond donors (Lipinski definition) is 1. The van der Waals surface area contributed by atoms with Gasteiger partial charge in [-0.1, -0.05) is 12.1 Å². The van der Waals surface area contributed by atoms with Crippen molar-refractivity contribution in [1.29, 1.82) is 0 Å². The molecule has 0 aliphatic carbocycles. The minimum Gasteiger partial charge on any atom is -0.355 e. The van der Waals surface area contributed by atoms with Crippen LogP contribution in [0.25, 0.3) is 5.69 Å². The maximum Gasteiger partial charge on any atom is 0.253 e. The summed E-state index contributed by atoms with van der Waals surface area (Å²) in [6.45, 7) is 0.459. The van der Waals surface area contributed by atoms with E-state index in [1.54, 1.807) is 54.1 Å². The third-order valence-corrected chi connectivity index (χ3v) is 4.55.